The van der Waals surface area contributed by atoms with Crippen LogP contribution in [0.15, 0.2) is 69.2 Å². The zero-order valence-electron chi connectivity index (χ0n) is 18.3. The molecule has 4 aromatic rings. The molecule has 2 aromatic heterocycles. The number of ether oxygens (including phenoxy) is 1. The van der Waals surface area contributed by atoms with E-state index in [9.17, 15) is 14.4 Å². The number of carbonyl (C=O) groups is 2. The number of anilines is 1. The summed E-state index contributed by atoms with van der Waals surface area (Å²) in [6.07, 6.45) is 3.45. The SMILES string of the molecule is Cc1cc2oc(=O)cc(COC(=O)c3ccccc3NC(=O)CSc3nccn3C)c2cc1Cl. The molecule has 34 heavy (non-hydrogen) atoms. The summed E-state index contributed by atoms with van der Waals surface area (Å²) in [5.74, 6) is -0.808. The second kappa shape index (κ2) is 10.1. The van der Waals surface area contributed by atoms with Crippen LogP contribution in [0, 0.1) is 6.92 Å². The van der Waals surface area contributed by atoms with Crippen LogP contribution >= 0.6 is 23.4 Å². The maximum Gasteiger partial charge on any atom is 0.340 e. The summed E-state index contributed by atoms with van der Waals surface area (Å²) in [5.41, 5.74) is 1.55. The average molecular weight is 498 g/mol. The zero-order valence-corrected chi connectivity index (χ0v) is 19.9. The number of fused-ring (bicyclic) bond motifs is 1. The van der Waals surface area contributed by atoms with E-state index in [0.717, 1.165) is 5.56 Å². The third-order valence-corrected chi connectivity index (χ3v) is 6.46. The number of imidazole rings is 1. The van der Waals surface area contributed by atoms with Crippen LogP contribution in [0.4, 0.5) is 5.69 Å². The maximum absolute atomic E-state index is 12.8. The normalized spacial score (nSPS) is 10.9. The summed E-state index contributed by atoms with van der Waals surface area (Å²) >= 11 is 7.50. The number of aryl methyl sites for hydroxylation is 2. The lowest BCUT2D eigenvalue weighted by Crippen LogP contribution is -2.17. The third-order valence-electron chi connectivity index (χ3n) is 5.00. The lowest BCUT2D eigenvalue weighted by Gasteiger charge is -2.12. The molecule has 0 bridgehead atoms. The first kappa shape index (κ1) is 23.6. The number of halogens is 1. The molecular formula is C24H20ClN3O5S. The van der Waals surface area contributed by atoms with Crippen LogP contribution in [0.5, 0.6) is 0 Å². The number of para-hydroxylation sites is 1. The fourth-order valence-electron chi connectivity index (χ4n) is 3.27. The molecule has 8 nitrogen and oxygen atoms in total. The summed E-state index contributed by atoms with van der Waals surface area (Å²) in [7, 11) is 1.84. The molecule has 0 aliphatic carbocycles. The number of hydrogen-bond acceptors (Lipinski definition) is 7. The summed E-state index contributed by atoms with van der Waals surface area (Å²) in [6, 6.07) is 11.2. The largest absolute Gasteiger partial charge is 0.457 e. The second-order valence-electron chi connectivity index (χ2n) is 7.47. The van der Waals surface area contributed by atoms with Gasteiger partial charge in [-0.2, -0.15) is 0 Å². The zero-order chi connectivity index (χ0) is 24.2. The average Bonchev–Trinajstić information content (AvgIpc) is 3.22. The minimum atomic E-state index is -0.646. The summed E-state index contributed by atoms with van der Waals surface area (Å²) in [6.45, 7) is 1.63. The van der Waals surface area contributed by atoms with E-state index in [1.807, 2.05) is 11.6 Å². The predicted molar refractivity (Wildman–Crippen MR) is 130 cm³/mol. The molecular weight excluding hydrogens is 478 g/mol. The Hall–Kier alpha value is -3.56. The number of hydrogen-bond donors (Lipinski definition) is 1. The van der Waals surface area contributed by atoms with Crippen LogP contribution in [-0.2, 0) is 23.2 Å². The van der Waals surface area contributed by atoms with Crippen molar-refractivity contribution in [3.8, 4) is 0 Å². The predicted octanol–water partition coefficient (Wildman–Crippen LogP) is 4.58. The molecule has 1 amide bonds. The summed E-state index contributed by atoms with van der Waals surface area (Å²) < 4.78 is 12.5. The van der Waals surface area contributed by atoms with Crippen molar-refractivity contribution in [2.45, 2.75) is 18.7 Å². The number of nitrogens with one attached hydrogen (secondary N) is 1. The number of carbonyl (C=O) groups excluding carboxylic acids is 2. The van der Waals surface area contributed by atoms with Crippen LogP contribution in [-0.4, -0.2) is 27.2 Å². The minimum Gasteiger partial charge on any atom is -0.457 e. The molecule has 10 heteroatoms. The van der Waals surface area contributed by atoms with E-state index < -0.39 is 11.6 Å². The molecule has 0 saturated heterocycles. The van der Waals surface area contributed by atoms with Crippen molar-refractivity contribution in [3.63, 3.8) is 0 Å². The molecule has 0 fully saturated rings. The molecule has 0 aliphatic heterocycles. The van der Waals surface area contributed by atoms with E-state index in [2.05, 4.69) is 10.3 Å². The molecule has 0 atom stereocenters. The Morgan fingerprint density at radius 1 is 1.24 bits per heavy atom. The van der Waals surface area contributed by atoms with Crippen molar-refractivity contribution in [1.29, 1.82) is 0 Å². The van der Waals surface area contributed by atoms with Gasteiger partial charge in [-0.15, -0.1) is 0 Å². The molecule has 0 unspecified atom stereocenters. The van der Waals surface area contributed by atoms with Crippen LogP contribution in [0.1, 0.15) is 21.5 Å². The van der Waals surface area contributed by atoms with E-state index in [1.54, 1.807) is 55.7 Å². The number of amides is 1. The van der Waals surface area contributed by atoms with Gasteiger partial charge in [0.1, 0.15) is 12.2 Å². The van der Waals surface area contributed by atoms with Gasteiger partial charge in [-0.1, -0.05) is 35.5 Å². The van der Waals surface area contributed by atoms with Crippen molar-refractivity contribution in [2.24, 2.45) is 7.05 Å². The molecule has 2 heterocycles. The van der Waals surface area contributed by atoms with E-state index >= 15 is 0 Å². The number of esters is 1. The van der Waals surface area contributed by atoms with Crippen molar-refractivity contribution in [1.82, 2.24) is 9.55 Å². The highest BCUT2D eigenvalue weighted by Gasteiger charge is 2.17. The Kier molecular flexibility index (Phi) is 7.04. The van der Waals surface area contributed by atoms with Gasteiger partial charge < -0.3 is 19.0 Å². The highest BCUT2D eigenvalue weighted by molar-refractivity contribution is 7.99. The van der Waals surface area contributed by atoms with Crippen molar-refractivity contribution >= 4 is 51.9 Å². The van der Waals surface area contributed by atoms with Crippen molar-refractivity contribution in [3.05, 3.63) is 87.0 Å². The van der Waals surface area contributed by atoms with Crippen molar-refractivity contribution < 1.29 is 18.7 Å². The minimum absolute atomic E-state index is 0.125. The quantitative estimate of drug-likeness (QED) is 0.226. The molecule has 174 valence electrons. The smallest absolute Gasteiger partial charge is 0.340 e. The number of thioether (sulfide) groups is 1. The van der Waals surface area contributed by atoms with Crippen LogP contribution in [0.25, 0.3) is 11.0 Å². The topological polar surface area (TPSA) is 103 Å². The molecule has 0 aliphatic rings. The molecule has 1 N–H and O–H groups in total. The van der Waals surface area contributed by atoms with E-state index in [1.165, 1.54) is 17.8 Å². The number of rotatable bonds is 7. The van der Waals surface area contributed by atoms with Gasteiger partial charge in [0, 0.05) is 41.5 Å². The standard InChI is InChI=1S/C24H20ClN3O5S/c1-14-9-20-17(11-18(14)25)15(10-22(30)33-20)12-32-23(31)16-5-3-4-6-19(16)27-21(29)13-34-24-26-7-8-28(24)2/h3-11H,12-13H2,1-2H3,(H,27,29). The van der Waals surface area contributed by atoms with E-state index in [-0.39, 0.29) is 23.8 Å². The maximum atomic E-state index is 12.8. The van der Waals surface area contributed by atoms with Gasteiger partial charge in [-0.25, -0.2) is 14.6 Å². The van der Waals surface area contributed by atoms with Crippen LogP contribution in [0.2, 0.25) is 5.02 Å². The lowest BCUT2D eigenvalue weighted by atomic mass is 10.1. The lowest BCUT2D eigenvalue weighted by molar-refractivity contribution is -0.113. The Morgan fingerprint density at radius 2 is 2.03 bits per heavy atom. The highest BCUT2D eigenvalue weighted by Crippen LogP contribution is 2.26. The monoisotopic (exact) mass is 497 g/mol. The van der Waals surface area contributed by atoms with Gasteiger partial charge in [0.2, 0.25) is 5.91 Å². The van der Waals surface area contributed by atoms with Gasteiger partial charge in [0.25, 0.3) is 0 Å². The van der Waals surface area contributed by atoms with E-state index in [0.29, 0.717) is 32.4 Å². The summed E-state index contributed by atoms with van der Waals surface area (Å²) in [5, 5.41) is 4.53. The van der Waals surface area contributed by atoms with E-state index in [4.69, 9.17) is 20.8 Å². The molecule has 4 rings (SSSR count). The third kappa shape index (κ3) is 5.32. The van der Waals surface area contributed by atoms with Gasteiger partial charge in [-0.05, 0) is 36.8 Å². The molecule has 0 saturated carbocycles. The molecule has 0 radical (unpaired) electrons. The Labute approximate surface area is 203 Å². The van der Waals surface area contributed by atoms with Crippen LogP contribution in [0.3, 0.4) is 0 Å². The van der Waals surface area contributed by atoms with Gasteiger partial charge >= 0.3 is 11.6 Å². The first-order valence-electron chi connectivity index (χ1n) is 10.2. The molecule has 2 aromatic carbocycles. The Morgan fingerprint density at radius 3 is 2.79 bits per heavy atom. The van der Waals surface area contributed by atoms with Gasteiger partial charge in [0.15, 0.2) is 5.16 Å². The Bertz CT molecular complexity index is 1450. The van der Waals surface area contributed by atoms with Crippen molar-refractivity contribution in [2.75, 3.05) is 11.1 Å². The number of aromatic nitrogens is 2. The first-order chi connectivity index (χ1) is 16.3. The Balaban J connectivity index is 1.47. The summed E-state index contributed by atoms with van der Waals surface area (Å²) in [4.78, 5) is 41.4. The fourth-order valence-corrected chi connectivity index (χ4v) is 4.16. The first-order valence-corrected chi connectivity index (χ1v) is 11.6. The highest BCUT2D eigenvalue weighted by atomic mass is 35.5. The molecule has 0 spiro atoms. The fraction of sp³-hybridized carbons (Fsp3) is 0.167. The number of benzene rings is 2. The number of nitrogens with zero attached hydrogens (tertiary/aromatic N) is 2. The van der Waals surface area contributed by atoms with Gasteiger partial charge in [-0.3, -0.25) is 4.79 Å². The van der Waals surface area contributed by atoms with Crippen LogP contribution < -0.4 is 10.9 Å². The second-order valence-corrected chi connectivity index (χ2v) is 8.82. The van der Waals surface area contributed by atoms with Gasteiger partial charge in [0.05, 0.1) is 17.0 Å².